The van der Waals surface area contributed by atoms with Gasteiger partial charge in [-0.2, -0.15) is 5.11 Å². The van der Waals surface area contributed by atoms with Gasteiger partial charge >= 0.3 is 29.6 Å². The Labute approximate surface area is 265 Å². The first-order chi connectivity index (χ1) is 19.5. The van der Waals surface area contributed by atoms with E-state index in [-0.39, 0.29) is 51.6 Å². The summed E-state index contributed by atoms with van der Waals surface area (Å²) in [5.74, 6) is 1.39. The van der Waals surface area contributed by atoms with Gasteiger partial charge in [-0.15, -0.1) is 5.11 Å². The predicted octanol–water partition coefficient (Wildman–Crippen LogP) is 4.11. The van der Waals surface area contributed by atoms with E-state index in [1.807, 2.05) is 37.3 Å². The molecule has 0 aliphatic carbocycles. The molecule has 5 aromatic carbocycles. The zero-order valence-corrected chi connectivity index (χ0v) is 26.4. The van der Waals surface area contributed by atoms with Crippen LogP contribution >= 0.6 is 0 Å². The Kier molecular flexibility index (Phi) is 9.44. The third-order valence-corrected chi connectivity index (χ3v) is 7.53. The number of aromatic hydroxyl groups is 2. The van der Waals surface area contributed by atoms with Gasteiger partial charge in [-0.3, -0.25) is 0 Å². The van der Waals surface area contributed by atoms with Crippen molar-refractivity contribution in [2.24, 2.45) is 10.2 Å². The van der Waals surface area contributed by atoms with Crippen LogP contribution in [-0.4, -0.2) is 36.4 Å². The first kappa shape index (κ1) is 31.3. The summed E-state index contributed by atoms with van der Waals surface area (Å²) in [7, 11) is -4.63. The third kappa shape index (κ3) is 6.53. The Morgan fingerprint density at radius 3 is 2.12 bits per heavy atom. The summed E-state index contributed by atoms with van der Waals surface area (Å²) in [5, 5.41) is 32.0. The maximum atomic E-state index is 11.5. The molecule has 5 rings (SSSR count). The zero-order valence-electron chi connectivity index (χ0n) is 23.6. The minimum atomic E-state index is -4.63. The molecule has 0 saturated heterocycles. The average Bonchev–Trinajstić information content (AvgIpc) is 2.93. The van der Waals surface area contributed by atoms with Crippen LogP contribution in [0.15, 0.2) is 87.9 Å². The second-order valence-electron chi connectivity index (χ2n) is 9.66. The Morgan fingerprint density at radius 1 is 0.762 bits per heavy atom. The van der Waals surface area contributed by atoms with Crippen molar-refractivity contribution < 1.29 is 62.2 Å². The number of nitrogens with zero attached hydrogens (tertiary/aromatic N) is 2. The summed E-state index contributed by atoms with van der Waals surface area (Å²) in [6.07, 6.45) is 0. The third-order valence-electron chi connectivity index (χ3n) is 6.72. The maximum absolute atomic E-state index is 11.5. The summed E-state index contributed by atoms with van der Waals surface area (Å²) in [4.78, 5) is -0.353. The zero-order chi connectivity index (χ0) is 29.3. The molecule has 0 saturated carbocycles. The van der Waals surface area contributed by atoms with E-state index in [9.17, 15) is 23.2 Å². The Morgan fingerprint density at radius 2 is 1.43 bits per heavy atom. The standard InChI is InChI=1S/C31H28N2O7S.Na/c1-18-15-24(41(36,37)38)17-21-14-19(2)29(31(35)28(18)21)33-32-22-8-10-23(11-9-22)39-12-13-40-27-16-20(3)30(34)26-7-5-4-6-25(26)27;/h4-11,14-17,34-35H,12-13H2,1-3H3,(H,36,37,38);/q;+1/p-1. The molecule has 0 aliphatic heterocycles. The van der Waals surface area contributed by atoms with E-state index in [1.165, 1.54) is 12.1 Å². The van der Waals surface area contributed by atoms with E-state index in [0.717, 1.165) is 16.3 Å². The van der Waals surface area contributed by atoms with E-state index in [4.69, 9.17) is 9.47 Å². The molecule has 5 aromatic rings. The topological polar surface area (TPSA) is 141 Å². The van der Waals surface area contributed by atoms with E-state index >= 15 is 0 Å². The van der Waals surface area contributed by atoms with Crippen LogP contribution in [0.1, 0.15) is 16.7 Å². The molecule has 9 nitrogen and oxygen atoms in total. The molecule has 0 aliphatic rings. The SMILES string of the molecule is Cc1cc2cc(S(=O)(=O)[O-])cc(C)c2c(O)c1N=Nc1ccc(OCCOc2cc(C)c(O)c3ccccc23)cc1.[Na+]. The van der Waals surface area contributed by atoms with Crippen molar-refractivity contribution in [3.8, 4) is 23.0 Å². The van der Waals surface area contributed by atoms with E-state index in [2.05, 4.69) is 10.2 Å². The summed E-state index contributed by atoms with van der Waals surface area (Å²) >= 11 is 0. The van der Waals surface area contributed by atoms with Crippen LogP contribution in [0.4, 0.5) is 11.4 Å². The van der Waals surface area contributed by atoms with E-state index < -0.39 is 10.1 Å². The summed E-state index contributed by atoms with van der Waals surface area (Å²) in [5.41, 5.74) is 2.51. The number of azo groups is 1. The molecular weight excluding hydrogens is 567 g/mol. The minimum Gasteiger partial charge on any atom is -0.744 e. The fraction of sp³-hybridized carbons (Fsp3) is 0.161. The van der Waals surface area contributed by atoms with Crippen LogP contribution < -0.4 is 39.0 Å². The average molecular weight is 595 g/mol. The van der Waals surface area contributed by atoms with Crippen LogP contribution in [0.25, 0.3) is 21.5 Å². The molecular formula is C31H27N2NaO7S. The number of phenolic OH excluding ortho intramolecular Hbond substituents is 2. The molecule has 0 bridgehead atoms. The molecule has 210 valence electrons. The first-order valence-corrected chi connectivity index (χ1v) is 14.2. The van der Waals surface area contributed by atoms with Gasteiger partial charge in [0.2, 0.25) is 0 Å². The van der Waals surface area contributed by atoms with Gasteiger partial charge in [0.15, 0.2) is 5.75 Å². The second kappa shape index (κ2) is 12.7. The monoisotopic (exact) mass is 594 g/mol. The van der Waals surface area contributed by atoms with Gasteiger partial charge in [0.05, 0.1) is 10.6 Å². The van der Waals surface area contributed by atoms with Crippen molar-refractivity contribution in [2.75, 3.05) is 13.2 Å². The van der Waals surface area contributed by atoms with Crippen LogP contribution in [0, 0.1) is 20.8 Å². The summed E-state index contributed by atoms with van der Waals surface area (Å²) < 4.78 is 46.1. The largest absolute Gasteiger partial charge is 1.00 e. The number of ether oxygens (including phenoxy) is 2. The van der Waals surface area contributed by atoms with Crippen molar-refractivity contribution in [2.45, 2.75) is 25.7 Å². The van der Waals surface area contributed by atoms with E-state index in [1.54, 1.807) is 44.2 Å². The molecule has 0 fully saturated rings. The first-order valence-electron chi connectivity index (χ1n) is 12.7. The summed E-state index contributed by atoms with van der Waals surface area (Å²) in [6.45, 7) is 5.76. The summed E-state index contributed by atoms with van der Waals surface area (Å²) in [6, 6.07) is 20.4. The van der Waals surface area contributed by atoms with Gasteiger partial charge in [0.25, 0.3) is 0 Å². The molecule has 0 atom stereocenters. The fourth-order valence-corrected chi connectivity index (χ4v) is 5.29. The Hall–Kier alpha value is -3.67. The van der Waals surface area contributed by atoms with Crippen LogP contribution in [0.2, 0.25) is 0 Å². The van der Waals surface area contributed by atoms with Crippen LogP contribution in [0.3, 0.4) is 0 Å². The van der Waals surface area contributed by atoms with Gasteiger partial charge in [0.1, 0.15) is 46.3 Å². The molecule has 0 unspecified atom stereocenters. The quantitative estimate of drug-likeness (QED) is 0.119. The van der Waals surface area contributed by atoms with Crippen molar-refractivity contribution in [3.63, 3.8) is 0 Å². The van der Waals surface area contributed by atoms with Gasteiger partial charge in [-0.05, 0) is 91.4 Å². The number of hydrogen-bond acceptors (Lipinski definition) is 9. The van der Waals surface area contributed by atoms with Crippen molar-refractivity contribution in [1.29, 1.82) is 0 Å². The van der Waals surface area contributed by atoms with E-state index in [0.29, 0.717) is 52.3 Å². The number of rotatable bonds is 8. The molecule has 2 N–H and O–H groups in total. The fourth-order valence-electron chi connectivity index (χ4n) is 4.70. The molecule has 0 aromatic heterocycles. The molecule has 0 spiro atoms. The van der Waals surface area contributed by atoms with Crippen molar-refractivity contribution >= 4 is 43.0 Å². The molecule has 0 amide bonds. The van der Waals surface area contributed by atoms with Crippen LogP contribution in [0.5, 0.6) is 23.0 Å². The smallest absolute Gasteiger partial charge is 0.744 e. The maximum Gasteiger partial charge on any atom is 1.00 e. The van der Waals surface area contributed by atoms with Crippen molar-refractivity contribution in [3.05, 3.63) is 89.5 Å². The second-order valence-corrected chi connectivity index (χ2v) is 11.0. The van der Waals surface area contributed by atoms with Gasteiger partial charge in [-0.1, -0.05) is 24.3 Å². The number of phenols is 2. The normalized spacial score (nSPS) is 11.6. The molecule has 11 heteroatoms. The number of benzene rings is 5. The Balaban J connectivity index is 0.00000405. The van der Waals surface area contributed by atoms with Gasteiger partial charge in [-0.25, -0.2) is 8.42 Å². The minimum absolute atomic E-state index is 0. The van der Waals surface area contributed by atoms with Gasteiger partial charge < -0.3 is 24.2 Å². The number of aryl methyl sites for hydroxylation is 3. The molecule has 0 heterocycles. The molecule has 0 radical (unpaired) electrons. The Bertz CT molecular complexity index is 1930. The molecule has 42 heavy (non-hydrogen) atoms. The predicted molar refractivity (Wildman–Crippen MR) is 155 cm³/mol. The van der Waals surface area contributed by atoms with Gasteiger partial charge in [0, 0.05) is 16.2 Å². The number of hydrogen-bond donors (Lipinski definition) is 2. The number of fused-ring (bicyclic) bond motifs is 2. The van der Waals surface area contributed by atoms with Crippen molar-refractivity contribution in [1.82, 2.24) is 0 Å². The van der Waals surface area contributed by atoms with Crippen LogP contribution in [-0.2, 0) is 10.1 Å².